The van der Waals surface area contributed by atoms with Gasteiger partial charge in [-0.15, -0.1) is 10.2 Å². The van der Waals surface area contributed by atoms with E-state index >= 15 is 0 Å². The van der Waals surface area contributed by atoms with Gasteiger partial charge < -0.3 is 9.30 Å². The van der Waals surface area contributed by atoms with Crippen LogP contribution in [-0.2, 0) is 11.3 Å². The molecule has 0 fully saturated rings. The van der Waals surface area contributed by atoms with Crippen LogP contribution in [0, 0.1) is 0 Å². The van der Waals surface area contributed by atoms with Crippen LogP contribution >= 0.6 is 11.6 Å². The van der Waals surface area contributed by atoms with Crippen LogP contribution in [0.5, 0.6) is 0 Å². The van der Waals surface area contributed by atoms with Crippen molar-refractivity contribution in [2.75, 3.05) is 13.2 Å². The molecule has 92 valence electrons. The molecule has 1 rings (SSSR count). The Hall–Kier alpha value is -0.610. The maximum atomic E-state index is 5.98. The van der Waals surface area contributed by atoms with E-state index in [9.17, 15) is 0 Å². The maximum absolute atomic E-state index is 5.98. The average Bonchev–Trinajstić information content (AvgIpc) is 2.60. The van der Waals surface area contributed by atoms with Crippen molar-refractivity contribution in [3.8, 4) is 0 Å². The Morgan fingerprint density at radius 1 is 1.31 bits per heavy atom. The highest BCUT2D eigenvalue weighted by Gasteiger charge is 2.12. The SMILES string of the molecule is CCCOCCCn1c(Cl)nnc1C(C)C. The molecule has 0 aliphatic rings. The second-order valence-electron chi connectivity index (χ2n) is 4.10. The Morgan fingerprint density at radius 3 is 2.69 bits per heavy atom. The number of ether oxygens (including phenoxy) is 1. The Bertz CT molecular complexity index is 312. The number of halogens is 1. The first kappa shape index (κ1) is 13.5. The molecule has 0 bridgehead atoms. The molecule has 1 aromatic heterocycles. The molecular formula is C11H20ClN3O. The Labute approximate surface area is 102 Å². The van der Waals surface area contributed by atoms with Crippen LogP contribution < -0.4 is 0 Å². The van der Waals surface area contributed by atoms with E-state index in [0.717, 1.165) is 38.4 Å². The number of nitrogens with zero attached hydrogens (tertiary/aromatic N) is 3. The third kappa shape index (κ3) is 3.76. The third-order valence-corrected chi connectivity index (χ3v) is 2.55. The molecule has 0 atom stereocenters. The predicted octanol–water partition coefficient (Wildman–Crippen LogP) is 2.87. The van der Waals surface area contributed by atoms with Gasteiger partial charge in [0.1, 0.15) is 5.82 Å². The molecule has 0 saturated carbocycles. The zero-order chi connectivity index (χ0) is 12.0. The standard InChI is InChI=1S/C11H20ClN3O/c1-4-7-16-8-5-6-15-10(9(2)3)13-14-11(15)12/h9H,4-8H2,1-3H3. The van der Waals surface area contributed by atoms with Gasteiger partial charge in [0.15, 0.2) is 0 Å². The highest BCUT2D eigenvalue weighted by atomic mass is 35.5. The van der Waals surface area contributed by atoms with Crippen LogP contribution in [0.1, 0.15) is 45.4 Å². The maximum Gasteiger partial charge on any atom is 0.225 e. The quantitative estimate of drug-likeness (QED) is 0.694. The van der Waals surface area contributed by atoms with E-state index in [2.05, 4.69) is 31.0 Å². The molecule has 5 heteroatoms. The van der Waals surface area contributed by atoms with E-state index in [-0.39, 0.29) is 0 Å². The zero-order valence-corrected chi connectivity index (χ0v) is 11.0. The summed E-state index contributed by atoms with van der Waals surface area (Å²) in [6.45, 7) is 8.69. The predicted molar refractivity (Wildman–Crippen MR) is 64.8 cm³/mol. The summed E-state index contributed by atoms with van der Waals surface area (Å²) < 4.78 is 7.38. The second-order valence-corrected chi connectivity index (χ2v) is 4.44. The van der Waals surface area contributed by atoms with E-state index < -0.39 is 0 Å². The highest BCUT2D eigenvalue weighted by Crippen LogP contribution is 2.16. The first-order valence-electron chi connectivity index (χ1n) is 5.83. The Kier molecular flexibility index (Phi) is 5.77. The second kappa shape index (κ2) is 6.86. The lowest BCUT2D eigenvalue weighted by Gasteiger charge is -2.09. The molecule has 4 nitrogen and oxygen atoms in total. The van der Waals surface area contributed by atoms with E-state index in [1.807, 2.05) is 4.57 Å². The van der Waals surface area contributed by atoms with E-state index in [1.54, 1.807) is 0 Å². The van der Waals surface area contributed by atoms with Crippen molar-refractivity contribution in [2.45, 2.75) is 46.1 Å². The van der Waals surface area contributed by atoms with Crippen molar-refractivity contribution < 1.29 is 4.74 Å². The molecule has 0 aliphatic heterocycles. The van der Waals surface area contributed by atoms with Crippen molar-refractivity contribution >= 4 is 11.6 Å². The largest absolute Gasteiger partial charge is 0.381 e. The van der Waals surface area contributed by atoms with Gasteiger partial charge in [-0.2, -0.15) is 0 Å². The third-order valence-electron chi connectivity index (χ3n) is 2.27. The molecule has 0 N–H and O–H groups in total. The Morgan fingerprint density at radius 2 is 2.06 bits per heavy atom. The molecule has 1 aromatic rings. The van der Waals surface area contributed by atoms with Crippen LogP contribution in [0.15, 0.2) is 0 Å². The summed E-state index contributed by atoms with van der Waals surface area (Å²) in [4.78, 5) is 0. The smallest absolute Gasteiger partial charge is 0.225 e. The van der Waals surface area contributed by atoms with Crippen molar-refractivity contribution in [2.24, 2.45) is 0 Å². The van der Waals surface area contributed by atoms with Gasteiger partial charge in [-0.05, 0) is 24.4 Å². The molecule has 0 unspecified atom stereocenters. The van der Waals surface area contributed by atoms with Gasteiger partial charge in [-0.3, -0.25) is 0 Å². The van der Waals surface area contributed by atoms with Crippen molar-refractivity contribution in [1.82, 2.24) is 14.8 Å². The summed E-state index contributed by atoms with van der Waals surface area (Å²) in [6.07, 6.45) is 2.00. The van der Waals surface area contributed by atoms with Gasteiger partial charge in [-0.25, -0.2) is 0 Å². The molecule has 0 spiro atoms. The van der Waals surface area contributed by atoms with Gasteiger partial charge in [0, 0.05) is 25.7 Å². The molecular weight excluding hydrogens is 226 g/mol. The van der Waals surface area contributed by atoms with Gasteiger partial charge in [0.2, 0.25) is 5.28 Å². The molecule has 1 heterocycles. The first-order chi connectivity index (χ1) is 7.66. The molecule has 0 radical (unpaired) electrons. The van der Waals surface area contributed by atoms with Crippen LogP contribution in [0.2, 0.25) is 5.28 Å². The minimum Gasteiger partial charge on any atom is -0.381 e. The number of hydrogen-bond donors (Lipinski definition) is 0. The zero-order valence-electron chi connectivity index (χ0n) is 10.2. The topological polar surface area (TPSA) is 39.9 Å². The van der Waals surface area contributed by atoms with Gasteiger partial charge in [0.05, 0.1) is 0 Å². The fourth-order valence-electron chi connectivity index (χ4n) is 1.50. The summed E-state index contributed by atoms with van der Waals surface area (Å²) in [5.41, 5.74) is 0. The van der Waals surface area contributed by atoms with E-state index in [0.29, 0.717) is 11.2 Å². The van der Waals surface area contributed by atoms with Crippen molar-refractivity contribution in [1.29, 1.82) is 0 Å². The minimum absolute atomic E-state index is 0.344. The molecule has 16 heavy (non-hydrogen) atoms. The van der Waals surface area contributed by atoms with Crippen LogP contribution in [0.4, 0.5) is 0 Å². The van der Waals surface area contributed by atoms with E-state index in [1.165, 1.54) is 0 Å². The monoisotopic (exact) mass is 245 g/mol. The number of aromatic nitrogens is 3. The summed E-state index contributed by atoms with van der Waals surface area (Å²) in [5.74, 6) is 1.29. The van der Waals surface area contributed by atoms with Crippen LogP contribution in [-0.4, -0.2) is 28.0 Å². The van der Waals surface area contributed by atoms with Crippen molar-refractivity contribution in [3.63, 3.8) is 0 Å². The normalized spacial score (nSPS) is 11.3. The summed E-state index contributed by atoms with van der Waals surface area (Å²) in [7, 11) is 0. The minimum atomic E-state index is 0.344. The lowest BCUT2D eigenvalue weighted by molar-refractivity contribution is 0.129. The molecule has 0 aliphatic carbocycles. The molecule has 0 aromatic carbocycles. The van der Waals surface area contributed by atoms with Gasteiger partial charge in [-0.1, -0.05) is 20.8 Å². The van der Waals surface area contributed by atoms with Crippen LogP contribution in [0.25, 0.3) is 0 Å². The summed E-state index contributed by atoms with van der Waals surface area (Å²) in [6, 6.07) is 0. The van der Waals surface area contributed by atoms with Gasteiger partial charge >= 0.3 is 0 Å². The average molecular weight is 246 g/mol. The lowest BCUT2D eigenvalue weighted by atomic mass is 10.2. The van der Waals surface area contributed by atoms with E-state index in [4.69, 9.17) is 16.3 Å². The Balaban J connectivity index is 2.43. The fraction of sp³-hybridized carbons (Fsp3) is 0.818. The fourth-order valence-corrected chi connectivity index (χ4v) is 1.71. The molecule has 0 amide bonds. The lowest BCUT2D eigenvalue weighted by Crippen LogP contribution is -2.08. The van der Waals surface area contributed by atoms with Crippen molar-refractivity contribution in [3.05, 3.63) is 11.1 Å². The summed E-state index contributed by atoms with van der Waals surface area (Å²) in [5, 5.41) is 8.43. The first-order valence-corrected chi connectivity index (χ1v) is 6.21. The summed E-state index contributed by atoms with van der Waals surface area (Å²) >= 11 is 5.98. The number of hydrogen-bond acceptors (Lipinski definition) is 3. The van der Waals surface area contributed by atoms with Crippen LogP contribution in [0.3, 0.4) is 0 Å². The highest BCUT2D eigenvalue weighted by molar-refractivity contribution is 6.28. The van der Waals surface area contributed by atoms with Gasteiger partial charge in [0.25, 0.3) is 0 Å². The molecule has 0 saturated heterocycles. The number of rotatable bonds is 7.